The predicted molar refractivity (Wildman–Crippen MR) is 104 cm³/mol. The zero-order valence-corrected chi connectivity index (χ0v) is 16.7. The Morgan fingerprint density at radius 3 is 2.36 bits per heavy atom. The largest absolute Gasteiger partial charge is 0.399 e. The molecule has 0 amide bonds. The maximum absolute atomic E-state index is 14.3. The molecule has 0 rings (SSSR count). The van der Waals surface area contributed by atoms with E-state index in [1.807, 2.05) is 6.92 Å². The van der Waals surface area contributed by atoms with E-state index in [4.69, 9.17) is 15.2 Å². The maximum atomic E-state index is 14.3. The Labute approximate surface area is 153 Å². The summed E-state index contributed by atoms with van der Waals surface area (Å²) in [5.41, 5.74) is 6.07. The number of methoxy groups -OCH3 is 1. The van der Waals surface area contributed by atoms with Crippen molar-refractivity contribution in [3.63, 3.8) is 0 Å². The molecule has 0 spiro atoms. The zero-order chi connectivity index (χ0) is 19.4. The lowest BCUT2D eigenvalue weighted by Crippen LogP contribution is -2.43. The second-order valence-corrected chi connectivity index (χ2v) is 6.37. The first-order chi connectivity index (χ1) is 11.8. The molecule has 25 heavy (non-hydrogen) atoms. The fraction of sp³-hybridized carbons (Fsp3) is 0.700. The minimum absolute atomic E-state index is 0.0764. The Morgan fingerprint density at radius 1 is 1.28 bits per heavy atom. The molecule has 0 fully saturated rings. The van der Waals surface area contributed by atoms with Gasteiger partial charge in [-0.15, -0.1) is 0 Å². The summed E-state index contributed by atoms with van der Waals surface area (Å²) >= 11 is 0. The molecule has 0 aromatic rings. The SMILES string of the molecule is C=CNC(CC(C)OC)C(CC)[C@H](CC)OC(C)/C(F)=C\C(N)=C/C. The van der Waals surface area contributed by atoms with Crippen molar-refractivity contribution >= 4 is 0 Å². The number of nitrogens with two attached hydrogens (primary N) is 1. The van der Waals surface area contributed by atoms with E-state index in [0.29, 0.717) is 5.70 Å². The van der Waals surface area contributed by atoms with Crippen LogP contribution in [-0.2, 0) is 9.47 Å². The van der Waals surface area contributed by atoms with Gasteiger partial charge in [0.05, 0.1) is 12.2 Å². The number of allylic oxidation sites excluding steroid dienone is 2. The Kier molecular flexibility index (Phi) is 12.3. The van der Waals surface area contributed by atoms with Gasteiger partial charge in [-0.2, -0.15) is 0 Å². The minimum Gasteiger partial charge on any atom is -0.399 e. The normalized spacial score (nSPS) is 19.0. The lowest BCUT2D eigenvalue weighted by atomic mass is 9.86. The molecule has 3 N–H and O–H groups in total. The van der Waals surface area contributed by atoms with E-state index < -0.39 is 6.10 Å². The van der Waals surface area contributed by atoms with Crippen molar-refractivity contribution in [1.29, 1.82) is 0 Å². The summed E-state index contributed by atoms with van der Waals surface area (Å²) in [5.74, 6) is -0.141. The van der Waals surface area contributed by atoms with Gasteiger partial charge in [-0.1, -0.05) is 26.5 Å². The van der Waals surface area contributed by atoms with Gasteiger partial charge in [0.1, 0.15) is 11.9 Å². The molecule has 0 aliphatic heterocycles. The first-order valence-electron chi connectivity index (χ1n) is 9.18. The van der Waals surface area contributed by atoms with Crippen LogP contribution in [0.3, 0.4) is 0 Å². The number of nitrogens with one attached hydrogen (secondary N) is 1. The summed E-state index contributed by atoms with van der Waals surface area (Å²) in [6.07, 6.45) is 6.64. The van der Waals surface area contributed by atoms with Gasteiger partial charge in [0.15, 0.2) is 0 Å². The Morgan fingerprint density at radius 2 is 1.92 bits per heavy atom. The highest BCUT2D eigenvalue weighted by Gasteiger charge is 2.30. The van der Waals surface area contributed by atoms with E-state index in [9.17, 15) is 4.39 Å². The Hall–Kier alpha value is -1.33. The van der Waals surface area contributed by atoms with Crippen LogP contribution in [0.2, 0.25) is 0 Å². The van der Waals surface area contributed by atoms with Gasteiger partial charge < -0.3 is 20.5 Å². The van der Waals surface area contributed by atoms with Gasteiger partial charge in [0.25, 0.3) is 0 Å². The molecule has 5 heteroatoms. The van der Waals surface area contributed by atoms with E-state index in [-0.39, 0.29) is 30.0 Å². The second-order valence-electron chi connectivity index (χ2n) is 6.37. The summed E-state index contributed by atoms with van der Waals surface area (Å²) in [7, 11) is 1.71. The maximum Gasteiger partial charge on any atom is 0.130 e. The average Bonchev–Trinajstić information content (AvgIpc) is 2.60. The van der Waals surface area contributed by atoms with Crippen LogP contribution in [0.1, 0.15) is 53.9 Å². The van der Waals surface area contributed by atoms with E-state index in [0.717, 1.165) is 19.3 Å². The molecule has 0 radical (unpaired) electrons. The van der Waals surface area contributed by atoms with Crippen LogP contribution in [0.5, 0.6) is 0 Å². The molecule has 4 nitrogen and oxygen atoms in total. The van der Waals surface area contributed by atoms with Crippen LogP contribution in [0.25, 0.3) is 0 Å². The summed E-state index contributed by atoms with van der Waals surface area (Å²) in [5, 5.41) is 3.32. The molecule has 0 heterocycles. The molecular weight excluding hydrogens is 319 g/mol. The van der Waals surface area contributed by atoms with Crippen molar-refractivity contribution in [2.75, 3.05) is 7.11 Å². The highest BCUT2D eigenvalue weighted by molar-refractivity contribution is 5.18. The summed E-state index contributed by atoms with van der Waals surface area (Å²) in [6, 6.07) is 0.155. The molecule has 146 valence electrons. The van der Waals surface area contributed by atoms with Crippen LogP contribution >= 0.6 is 0 Å². The topological polar surface area (TPSA) is 56.5 Å². The third-order valence-electron chi connectivity index (χ3n) is 4.59. The van der Waals surface area contributed by atoms with Crippen molar-refractivity contribution in [3.8, 4) is 0 Å². The number of halogens is 1. The quantitative estimate of drug-likeness (QED) is 0.479. The first-order valence-corrected chi connectivity index (χ1v) is 9.18. The fourth-order valence-corrected chi connectivity index (χ4v) is 2.97. The van der Waals surface area contributed by atoms with Crippen LogP contribution in [-0.4, -0.2) is 31.5 Å². The molecule has 0 aliphatic rings. The van der Waals surface area contributed by atoms with Gasteiger partial charge in [0.2, 0.25) is 0 Å². The lowest BCUT2D eigenvalue weighted by Gasteiger charge is -2.35. The van der Waals surface area contributed by atoms with Gasteiger partial charge in [-0.05, 0) is 52.3 Å². The van der Waals surface area contributed by atoms with Crippen LogP contribution in [0.15, 0.2) is 36.5 Å². The first kappa shape index (κ1) is 23.7. The summed E-state index contributed by atoms with van der Waals surface area (Å²) < 4.78 is 25.7. The number of rotatable bonds is 13. The molecule has 0 aromatic heterocycles. The van der Waals surface area contributed by atoms with Crippen LogP contribution in [0.4, 0.5) is 4.39 Å². The zero-order valence-electron chi connectivity index (χ0n) is 16.7. The molecule has 0 saturated heterocycles. The molecule has 0 aliphatic carbocycles. The van der Waals surface area contributed by atoms with Crippen molar-refractivity contribution in [3.05, 3.63) is 36.5 Å². The fourth-order valence-electron chi connectivity index (χ4n) is 2.97. The van der Waals surface area contributed by atoms with E-state index in [1.54, 1.807) is 33.2 Å². The summed E-state index contributed by atoms with van der Waals surface area (Å²) in [6.45, 7) is 13.5. The second kappa shape index (κ2) is 13.0. The minimum atomic E-state index is -0.637. The molecule has 4 unspecified atom stereocenters. The molecule has 0 bridgehead atoms. The summed E-state index contributed by atoms with van der Waals surface area (Å²) in [4.78, 5) is 0. The predicted octanol–water partition coefficient (Wildman–Crippen LogP) is 4.44. The third kappa shape index (κ3) is 8.54. The Balaban J connectivity index is 5.21. The van der Waals surface area contributed by atoms with Crippen LogP contribution < -0.4 is 11.1 Å². The molecule has 0 aromatic carbocycles. The van der Waals surface area contributed by atoms with Gasteiger partial charge in [0, 0.05) is 24.8 Å². The standard InChI is InChI=1S/C20H37FN2O2/c1-8-16(22)13-18(21)15(6)25-20(10-3)17(9-2)19(23-11-4)12-14(5)24-7/h8,11,13-15,17,19-20,23H,4,9-10,12,22H2,1-3,5-7H3/b16-8+,18-13+/t14?,15?,17?,19?,20-/m0/s1. The highest BCUT2D eigenvalue weighted by Crippen LogP contribution is 2.26. The number of hydrogen-bond donors (Lipinski definition) is 2. The molecule has 0 saturated carbocycles. The lowest BCUT2D eigenvalue weighted by molar-refractivity contribution is -0.0428. The van der Waals surface area contributed by atoms with E-state index in [2.05, 4.69) is 25.7 Å². The average molecular weight is 357 g/mol. The van der Waals surface area contributed by atoms with Crippen molar-refractivity contribution in [2.45, 2.75) is 78.2 Å². The van der Waals surface area contributed by atoms with E-state index >= 15 is 0 Å². The smallest absolute Gasteiger partial charge is 0.130 e. The van der Waals surface area contributed by atoms with Crippen molar-refractivity contribution in [1.82, 2.24) is 5.32 Å². The number of ether oxygens (including phenoxy) is 2. The van der Waals surface area contributed by atoms with Crippen molar-refractivity contribution < 1.29 is 13.9 Å². The van der Waals surface area contributed by atoms with Gasteiger partial charge in [-0.25, -0.2) is 4.39 Å². The van der Waals surface area contributed by atoms with E-state index in [1.165, 1.54) is 6.08 Å². The van der Waals surface area contributed by atoms with Crippen molar-refractivity contribution in [2.24, 2.45) is 11.7 Å². The van der Waals surface area contributed by atoms with Gasteiger partial charge >= 0.3 is 0 Å². The highest BCUT2D eigenvalue weighted by atomic mass is 19.1. The van der Waals surface area contributed by atoms with Crippen LogP contribution in [0, 0.1) is 5.92 Å². The monoisotopic (exact) mass is 356 g/mol. The number of hydrogen-bond acceptors (Lipinski definition) is 4. The molecule has 5 atom stereocenters. The third-order valence-corrected chi connectivity index (χ3v) is 4.59. The Bertz CT molecular complexity index is 437. The van der Waals surface area contributed by atoms with Gasteiger partial charge in [-0.3, -0.25) is 0 Å². The molecular formula is C20H37FN2O2.